The summed E-state index contributed by atoms with van der Waals surface area (Å²) in [7, 11) is 0. The van der Waals surface area contributed by atoms with Crippen LogP contribution in [-0.2, 0) is 19.7 Å². The number of aliphatic hydroxyl groups excluding tert-OH is 1. The molecule has 2 N–H and O–H groups in total. The molecule has 6 heteroatoms. The van der Waals surface area contributed by atoms with E-state index in [2.05, 4.69) is 21.5 Å². The van der Waals surface area contributed by atoms with Gasteiger partial charge in [-0.05, 0) is 48.6 Å². The maximum Gasteiger partial charge on any atom is 0.124 e. The van der Waals surface area contributed by atoms with E-state index in [0.717, 1.165) is 36.3 Å². The van der Waals surface area contributed by atoms with Crippen molar-refractivity contribution in [2.24, 2.45) is 5.92 Å². The second-order valence-corrected chi connectivity index (χ2v) is 7.37. The second-order valence-electron chi connectivity index (χ2n) is 7.37. The molecule has 4 rings (SSSR count). The fourth-order valence-corrected chi connectivity index (χ4v) is 3.83. The predicted molar refractivity (Wildman–Crippen MR) is 107 cm³/mol. The molecule has 2 aromatic heterocycles. The normalized spacial score (nSPS) is 21.7. The first-order valence-electron chi connectivity index (χ1n) is 9.76. The molecule has 2 heterocycles. The van der Waals surface area contributed by atoms with Gasteiger partial charge < -0.3 is 15.2 Å². The third kappa shape index (κ3) is 4.77. The van der Waals surface area contributed by atoms with Gasteiger partial charge in [-0.25, -0.2) is 0 Å². The van der Waals surface area contributed by atoms with E-state index in [0.29, 0.717) is 19.1 Å². The van der Waals surface area contributed by atoms with Crippen molar-refractivity contribution >= 4 is 0 Å². The van der Waals surface area contributed by atoms with Crippen LogP contribution in [0.25, 0.3) is 0 Å². The molecule has 3 atom stereocenters. The standard InChI is InChI=1S/C22H26N4O2/c27-21-13-18(15-26-11-3-8-25-26)12-20(21)24-14-19-4-1-2-5-22(19)28-16-17-6-9-23-10-7-17/h1-11,18,20-21,24,27H,12-16H2/t18?,20-,21-/m1/s1. The third-order valence-electron chi connectivity index (χ3n) is 5.30. The van der Waals surface area contributed by atoms with E-state index in [1.165, 1.54) is 0 Å². The summed E-state index contributed by atoms with van der Waals surface area (Å²) in [4.78, 5) is 4.03. The minimum absolute atomic E-state index is 0.0915. The highest BCUT2D eigenvalue weighted by Gasteiger charge is 2.32. The van der Waals surface area contributed by atoms with Crippen LogP contribution in [0.3, 0.4) is 0 Å². The molecule has 0 saturated heterocycles. The number of rotatable bonds is 8. The van der Waals surface area contributed by atoms with Gasteiger partial charge >= 0.3 is 0 Å². The van der Waals surface area contributed by atoms with Gasteiger partial charge in [-0.3, -0.25) is 9.67 Å². The minimum atomic E-state index is -0.328. The van der Waals surface area contributed by atoms with Crippen LogP contribution in [0.15, 0.2) is 67.3 Å². The van der Waals surface area contributed by atoms with Crippen molar-refractivity contribution in [1.82, 2.24) is 20.1 Å². The van der Waals surface area contributed by atoms with Crippen LogP contribution in [0.5, 0.6) is 5.75 Å². The van der Waals surface area contributed by atoms with Gasteiger partial charge in [0, 0.05) is 49.5 Å². The summed E-state index contributed by atoms with van der Waals surface area (Å²) >= 11 is 0. The quantitative estimate of drug-likeness (QED) is 0.631. The van der Waals surface area contributed by atoms with Crippen molar-refractivity contribution in [2.45, 2.75) is 44.7 Å². The number of aliphatic hydroxyl groups is 1. The second kappa shape index (κ2) is 8.99. The number of hydrogen-bond acceptors (Lipinski definition) is 5. The molecule has 0 bridgehead atoms. The topological polar surface area (TPSA) is 72.2 Å². The molecular weight excluding hydrogens is 352 g/mol. The number of hydrogen-bond donors (Lipinski definition) is 2. The van der Waals surface area contributed by atoms with Crippen molar-refractivity contribution in [1.29, 1.82) is 0 Å². The van der Waals surface area contributed by atoms with Crippen LogP contribution in [0.4, 0.5) is 0 Å². The van der Waals surface area contributed by atoms with Crippen molar-refractivity contribution in [2.75, 3.05) is 0 Å². The highest BCUT2D eigenvalue weighted by molar-refractivity contribution is 5.33. The number of ether oxygens (including phenoxy) is 1. The van der Waals surface area contributed by atoms with E-state index in [-0.39, 0.29) is 12.1 Å². The molecule has 0 aliphatic heterocycles. The van der Waals surface area contributed by atoms with Crippen LogP contribution in [-0.4, -0.2) is 32.0 Å². The minimum Gasteiger partial charge on any atom is -0.489 e. The van der Waals surface area contributed by atoms with Crippen LogP contribution in [0, 0.1) is 5.92 Å². The van der Waals surface area contributed by atoms with E-state index >= 15 is 0 Å². The Balaban J connectivity index is 1.32. The number of aromatic nitrogens is 3. The number of pyridine rings is 1. The smallest absolute Gasteiger partial charge is 0.124 e. The monoisotopic (exact) mass is 378 g/mol. The van der Waals surface area contributed by atoms with Crippen LogP contribution in [0.2, 0.25) is 0 Å². The van der Waals surface area contributed by atoms with Gasteiger partial charge in [0.15, 0.2) is 0 Å². The molecule has 1 aromatic carbocycles. The van der Waals surface area contributed by atoms with Crippen LogP contribution < -0.4 is 10.1 Å². The van der Waals surface area contributed by atoms with Crippen LogP contribution >= 0.6 is 0 Å². The van der Waals surface area contributed by atoms with Crippen molar-refractivity contribution in [3.05, 3.63) is 78.4 Å². The first-order valence-corrected chi connectivity index (χ1v) is 9.76. The van der Waals surface area contributed by atoms with E-state index in [1.807, 2.05) is 47.3 Å². The highest BCUT2D eigenvalue weighted by Crippen LogP contribution is 2.28. The van der Waals surface area contributed by atoms with Crippen molar-refractivity contribution < 1.29 is 9.84 Å². The van der Waals surface area contributed by atoms with E-state index < -0.39 is 0 Å². The average Bonchev–Trinajstić information content (AvgIpc) is 3.36. The molecule has 1 aliphatic carbocycles. The van der Waals surface area contributed by atoms with Crippen molar-refractivity contribution in [3.63, 3.8) is 0 Å². The molecule has 6 nitrogen and oxygen atoms in total. The SMILES string of the molecule is O[C@@H]1CC(Cn2cccn2)C[C@H]1NCc1ccccc1OCc1ccncc1. The molecule has 1 unspecified atom stereocenters. The first-order chi connectivity index (χ1) is 13.8. The van der Waals surface area contributed by atoms with E-state index in [1.54, 1.807) is 18.6 Å². The zero-order valence-corrected chi connectivity index (χ0v) is 15.8. The summed E-state index contributed by atoms with van der Waals surface area (Å²) < 4.78 is 7.96. The zero-order valence-electron chi connectivity index (χ0n) is 15.8. The summed E-state index contributed by atoms with van der Waals surface area (Å²) in [6.45, 7) is 2.04. The molecular formula is C22H26N4O2. The molecule has 0 spiro atoms. The largest absolute Gasteiger partial charge is 0.489 e. The lowest BCUT2D eigenvalue weighted by Crippen LogP contribution is -2.35. The Morgan fingerprint density at radius 2 is 1.93 bits per heavy atom. The van der Waals surface area contributed by atoms with Gasteiger partial charge in [0.05, 0.1) is 6.10 Å². The number of para-hydroxylation sites is 1. The number of benzene rings is 1. The Kier molecular flexibility index (Phi) is 5.99. The summed E-state index contributed by atoms with van der Waals surface area (Å²) in [6.07, 6.45) is 8.73. The van der Waals surface area contributed by atoms with Gasteiger partial charge in [-0.15, -0.1) is 0 Å². The Labute approximate surface area is 165 Å². The molecule has 0 amide bonds. The zero-order chi connectivity index (χ0) is 19.2. The third-order valence-corrected chi connectivity index (χ3v) is 5.30. The maximum atomic E-state index is 10.5. The fourth-order valence-electron chi connectivity index (χ4n) is 3.83. The molecule has 1 fully saturated rings. The molecule has 3 aromatic rings. The lowest BCUT2D eigenvalue weighted by molar-refractivity contribution is 0.145. The summed E-state index contributed by atoms with van der Waals surface area (Å²) in [6, 6.07) is 14.0. The molecule has 146 valence electrons. The maximum absolute atomic E-state index is 10.5. The highest BCUT2D eigenvalue weighted by atomic mass is 16.5. The van der Waals surface area contributed by atoms with E-state index in [9.17, 15) is 5.11 Å². The molecule has 1 aliphatic rings. The molecule has 28 heavy (non-hydrogen) atoms. The Bertz CT molecular complexity index is 854. The molecule has 1 saturated carbocycles. The van der Waals surface area contributed by atoms with Gasteiger partial charge in [-0.1, -0.05) is 18.2 Å². The Hall–Kier alpha value is -2.70. The van der Waals surface area contributed by atoms with Gasteiger partial charge in [-0.2, -0.15) is 5.10 Å². The lowest BCUT2D eigenvalue weighted by Gasteiger charge is -2.18. The number of nitrogens with zero attached hydrogens (tertiary/aromatic N) is 3. The summed E-state index contributed by atoms with van der Waals surface area (Å²) in [5, 5.41) is 18.3. The molecule has 0 radical (unpaired) electrons. The van der Waals surface area contributed by atoms with Crippen molar-refractivity contribution in [3.8, 4) is 5.75 Å². The lowest BCUT2D eigenvalue weighted by atomic mass is 10.1. The first kappa shape index (κ1) is 18.7. The van der Waals surface area contributed by atoms with E-state index in [4.69, 9.17) is 4.74 Å². The Morgan fingerprint density at radius 1 is 1.07 bits per heavy atom. The summed E-state index contributed by atoms with van der Waals surface area (Å²) in [5.74, 6) is 1.30. The summed E-state index contributed by atoms with van der Waals surface area (Å²) in [5.41, 5.74) is 2.18. The average molecular weight is 378 g/mol. The number of nitrogens with one attached hydrogen (secondary N) is 1. The fraction of sp³-hybridized carbons (Fsp3) is 0.364. The van der Waals surface area contributed by atoms with Crippen LogP contribution in [0.1, 0.15) is 24.0 Å². The predicted octanol–water partition coefficient (Wildman–Crippen LogP) is 2.79. The van der Waals surface area contributed by atoms with Gasteiger partial charge in [0.2, 0.25) is 0 Å². The van der Waals surface area contributed by atoms with Gasteiger partial charge in [0.1, 0.15) is 12.4 Å². The Morgan fingerprint density at radius 3 is 2.75 bits per heavy atom. The van der Waals surface area contributed by atoms with Gasteiger partial charge in [0.25, 0.3) is 0 Å².